The van der Waals surface area contributed by atoms with Crippen molar-refractivity contribution in [3.63, 3.8) is 0 Å². The first-order chi connectivity index (χ1) is 7.02. The molecular weight excluding hydrogens is 254 g/mol. The first-order valence-electron chi connectivity index (χ1n) is 5.40. The maximum Gasteiger partial charge on any atom is 0.0739 e. The molecule has 1 N–H and O–H groups in total. The lowest BCUT2D eigenvalue weighted by molar-refractivity contribution is 0.489. The van der Waals surface area contributed by atoms with Crippen molar-refractivity contribution >= 4 is 15.9 Å². The van der Waals surface area contributed by atoms with Gasteiger partial charge in [-0.05, 0) is 41.1 Å². The second kappa shape index (κ2) is 3.91. The minimum atomic E-state index is 0.570. The Morgan fingerprint density at radius 1 is 1.53 bits per heavy atom. The van der Waals surface area contributed by atoms with Gasteiger partial charge in [0.2, 0.25) is 0 Å². The van der Waals surface area contributed by atoms with Crippen LogP contribution >= 0.6 is 15.9 Å². The summed E-state index contributed by atoms with van der Waals surface area (Å²) in [7, 11) is 1.99. The fourth-order valence-corrected chi connectivity index (χ4v) is 2.22. The van der Waals surface area contributed by atoms with Crippen molar-refractivity contribution in [1.82, 2.24) is 15.1 Å². The number of nitrogens with zero attached hydrogens (tertiary/aromatic N) is 2. The molecule has 0 saturated heterocycles. The van der Waals surface area contributed by atoms with Crippen LogP contribution < -0.4 is 5.32 Å². The molecule has 1 aromatic heterocycles. The van der Waals surface area contributed by atoms with Crippen molar-refractivity contribution in [2.45, 2.75) is 33.2 Å². The van der Waals surface area contributed by atoms with Crippen molar-refractivity contribution in [1.29, 1.82) is 0 Å². The summed E-state index contributed by atoms with van der Waals surface area (Å²) in [4.78, 5) is 0. The maximum atomic E-state index is 4.37. The summed E-state index contributed by atoms with van der Waals surface area (Å²) in [5, 5.41) is 7.88. The Morgan fingerprint density at radius 2 is 2.20 bits per heavy atom. The van der Waals surface area contributed by atoms with Gasteiger partial charge in [-0.1, -0.05) is 6.92 Å². The number of aryl methyl sites for hydroxylation is 2. The van der Waals surface area contributed by atoms with Gasteiger partial charge >= 0.3 is 0 Å². The minimum Gasteiger partial charge on any atom is -0.311 e. The van der Waals surface area contributed by atoms with Crippen LogP contribution in [0.2, 0.25) is 0 Å². The van der Waals surface area contributed by atoms with E-state index >= 15 is 0 Å². The van der Waals surface area contributed by atoms with Crippen LogP contribution in [0.4, 0.5) is 0 Å². The van der Waals surface area contributed by atoms with Gasteiger partial charge in [0.15, 0.2) is 0 Å². The molecule has 1 aliphatic rings. The Balaban J connectivity index is 1.92. The van der Waals surface area contributed by atoms with Gasteiger partial charge in [-0.15, -0.1) is 0 Å². The van der Waals surface area contributed by atoms with E-state index in [4.69, 9.17) is 0 Å². The van der Waals surface area contributed by atoms with Crippen LogP contribution in [0.3, 0.4) is 0 Å². The predicted molar refractivity (Wildman–Crippen MR) is 64.7 cm³/mol. The molecule has 1 saturated carbocycles. The van der Waals surface area contributed by atoms with Crippen LogP contribution in [0, 0.1) is 12.3 Å². The van der Waals surface area contributed by atoms with E-state index in [1.54, 1.807) is 0 Å². The predicted octanol–water partition coefficient (Wildman–Crippen LogP) is 2.38. The fourth-order valence-electron chi connectivity index (χ4n) is 1.74. The lowest BCUT2D eigenvalue weighted by atomic mass is 10.1. The molecule has 1 heterocycles. The highest BCUT2D eigenvalue weighted by atomic mass is 79.9. The quantitative estimate of drug-likeness (QED) is 0.912. The van der Waals surface area contributed by atoms with Gasteiger partial charge in [0.05, 0.1) is 15.9 Å². The molecule has 0 atom stereocenters. The number of hydrogen-bond donors (Lipinski definition) is 1. The van der Waals surface area contributed by atoms with E-state index in [1.165, 1.54) is 18.5 Å². The molecule has 3 nitrogen and oxygen atoms in total. The standard InChI is InChI=1S/C11H18BrN3/c1-8-10(12)9(15(3)14-8)6-13-7-11(2)4-5-11/h13H,4-7H2,1-3H3. The molecule has 0 aliphatic heterocycles. The summed E-state index contributed by atoms with van der Waals surface area (Å²) in [6.45, 7) is 6.37. The molecule has 15 heavy (non-hydrogen) atoms. The monoisotopic (exact) mass is 271 g/mol. The van der Waals surface area contributed by atoms with Crippen LogP contribution in [0.1, 0.15) is 31.2 Å². The van der Waals surface area contributed by atoms with Crippen molar-refractivity contribution in [2.24, 2.45) is 12.5 Å². The molecule has 0 bridgehead atoms. The highest BCUT2D eigenvalue weighted by Crippen LogP contribution is 2.44. The van der Waals surface area contributed by atoms with Gasteiger partial charge in [0.1, 0.15) is 0 Å². The molecule has 4 heteroatoms. The van der Waals surface area contributed by atoms with Crippen LogP contribution in [-0.2, 0) is 13.6 Å². The summed E-state index contributed by atoms with van der Waals surface area (Å²) in [5.41, 5.74) is 2.86. The molecule has 84 valence electrons. The Morgan fingerprint density at radius 3 is 2.67 bits per heavy atom. The SMILES string of the molecule is Cc1nn(C)c(CNCC2(C)CC2)c1Br. The molecule has 0 aromatic carbocycles. The zero-order chi connectivity index (χ0) is 11.1. The zero-order valence-corrected chi connectivity index (χ0v) is 11.2. The van der Waals surface area contributed by atoms with Gasteiger partial charge in [0.25, 0.3) is 0 Å². The molecular formula is C11H18BrN3. The van der Waals surface area contributed by atoms with Gasteiger partial charge in [0, 0.05) is 20.1 Å². The maximum absolute atomic E-state index is 4.37. The smallest absolute Gasteiger partial charge is 0.0739 e. The van der Waals surface area contributed by atoms with Gasteiger partial charge < -0.3 is 5.32 Å². The highest BCUT2D eigenvalue weighted by molar-refractivity contribution is 9.10. The van der Waals surface area contributed by atoms with Crippen LogP contribution in [0.5, 0.6) is 0 Å². The Labute approximate surface area is 99.4 Å². The lowest BCUT2D eigenvalue weighted by Gasteiger charge is -2.10. The molecule has 0 spiro atoms. The zero-order valence-electron chi connectivity index (χ0n) is 9.60. The molecule has 0 amide bonds. The van der Waals surface area contributed by atoms with Gasteiger partial charge in [-0.2, -0.15) is 5.10 Å². The second-order valence-corrected chi connectivity index (χ2v) is 5.68. The topological polar surface area (TPSA) is 29.9 Å². The third kappa shape index (κ3) is 2.42. The molecule has 0 unspecified atom stereocenters. The average Bonchev–Trinajstić information content (AvgIpc) is 2.84. The first kappa shape index (κ1) is 11.1. The largest absolute Gasteiger partial charge is 0.311 e. The normalized spacial score (nSPS) is 18.1. The number of hydrogen-bond acceptors (Lipinski definition) is 2. The third-order valence-electron chi connectivity index (χ3n) is 3.21. The molecule has 1 aliphatic carbocycles. The second-order valence-electron chi connectivity index (χ2n) is 4.88. The molecule has 1 aromatic rings. The van der Waals surface area contributed by atoms with E-state index in [0.29, 0.717) is 5.41 Å². The van der Waals surface area contributed by atoms with E-state index in [1.807, 2.05) is 18.7 Å². The first-order valence-corrected chi connectivity index (χ1v) is 6.20. The van der Waals surface area contributed by atoms with E-state index in [9.17, 15) is 0 Å². The van der Waals surface area contributed by atoms with E-state index < -0.39 is 0 Å². The fraction of sp³-hybridized carbons (Fsp3) is 0.727. The van der Waals surface area contributed by atoms with Crippen LogP contribution in [0.25, 0.3) is 0 Å². The summed E-state index contributed by atoms with van der Waals surface area (Å²) in [6, 6.07) is 0. The number of halogens is 1. The van der Waals surface area contributed by atoms with Crippen LogP contribution in [-0.4, -0.2) is 16.3 Å². The van der Waals surface area contributed by atoms with Gasteiger partial charge in [-0.25, -0.2) is 0 Å². The minimum absolute atomic E-state index is 0.570. The summed E-state index contributed by atoms with van der Waals surface area (Å²) < 4.78 is 3.08. The van der Waals surface area contributed by atoms with Crippen molar-refractivity contribution < 1.29 is 0 Å². The van der Waals surface area contributed by atoms with Crippen molar-refractivity contribution in [2.75, 3.05) is 6.54 Å². The van der Waals surface area contributed by atoms with E-state index in [2.05, 4.69) is 33.3 Å². The Bertz CT molecular complexity index is 366. The number of nitrogens with one attached hydrogen (secondary N) is 1. The van der Waals surface area contributed by atoms with Crippen molar-refractivity contribution in [3.8, 4) is 0 Å². The van der Waals surface area contributed by atoms with Gasteiger partial charge in [-0.3, -0.25) is 4.68 Å². The van der Waals surface area contributed by atoms with Crippen molar-refractivity contribution in [3.05, 3.63) is 15.9 Å². The molecule has 0 radical (unpaired) electrons. The Kier molecular flexibility index (Phi) is 2.90. The molecule has 1 fully saturated rings. The summed E-state index contributed by atoms with van der Waals surface area (Å²) >= 11 is 3.57. The average molecular weight is 272 g/mol. The lowest BCUT2D eigenvalue weighted by Crippen LogP contribution is -2.22. The third-order valence-corrected chi connectivity index (χ3v) is 4.24. The Hall–Kier alpha value is -0.350. The summed E-state index contributed by atoms with van der Waals surface area (Å²) in [6.07, 6.45) is 2.73. The molecule has 2 rings (SSSR count). The number of aromatic nitrogens is 2. The summed E-state index contributed by atoms with van der Waals surface area (Å²) in [5.74, 6) is 0. The van der Waals surface area contributed by atoms with E-state index in [0.717, 1.165) is 23.3 Å². The highest BCUT2D eigenvalue weighted by Gasteiger charge is 2.36. The van der Waals surface area contributed by atoms with E-state index in [-0.39, 0.29) is 0 Å². The van der Waals surface area contributed by atoms with Crippen LogP contribution in [0.15, 0.2) is 4.47 Å². The number of rotatable bonds is 4.